The summed E-state index contributed by atoms with van der Waals surface area (Å²) in [5.74, 6) is 0.685. The first-order valence-corrected chi connectivity index (χ1v) is 18.7. The zero-order chi connectivity index (χ0) is 36.6. The van der Waals surface area contributed by atoms with Crippen LogP contribution in [-0.2, 0) is 5.41 Å². The molecule has 10 rings (SSSR count). The summed E-state index contributed by atoms with van der Waals surface area (Å²) in [5.41, 5.74) is 16.3. The first kappa shape index (κ1) is 32.4. The van der Waals surface area contributed by atoms with Crippen LogP contribution in [0.5, 0.6) is 0 Å². The van der Waals surface area contributed by atoms with Crippen LogP contribution in [0.4, 0.5) is 0 Å². The predicted molar refractivity (Wildman–Crippen MR) is 224 cm³/mol. The van der Waals surface area contributed by atoms with Gasteiger partial charge in [-0.05, 0) is 79.9 Å². The molecule has 0 unspecified atom stereocenters. The van der Waals surface area contributed by atoms with Crippen molar-refractivity contribution in [3.05, 3.63) is 235 Å². The lowest BCUT2D eigenvalue weighted by Gasteiger charge is -2.33. The molecule has 0 atom stereocenters. The Morgan fingerprint density at radius 3 is 1.56 bits per heavy atom. The summed E-state index contributed by atoms with van der Waals surface area (Å²) in [4.78, 5) is 14.9. The number of hydrogen-bond donors (Lipinski definition) is 0. The lowest BCUT2D eigenvalue weighted by atomic mass is 9.67. The number of rotatable bonds is 7. The highest BCUT2D eigenvalue weighted by atomic mass is 14.9. The molecular weight excluding hydrogens is 667 g/mol. The van der Waals surface area contributed by atoms with Crippen molar-refractivity contribution >= 4 is 0 Å². The molecular formula is C52H35N3. The third-order valence-corrected chi connectivity index (χ3v) is 10.9. The standard InChI is InChI=1S/C52H35N3/c1-4-14-36(15-5-1)40-16-12-17-41(34-40)51-54-48(39-28-26-37(27-29-39)38-30-32-53-33-31-38)35-49(55-51)45-23-13-25-47-50(45)44-22-10-11-24-46(44)52(47,42-18-6-2-7-19-42)43-20-8-3-9-21-43/h1-35H. The molecule has 3 nitrogen and oxygen atoms in total. The molecule has 0 N–H and O–H groups in total. The highest BCUT2D eigenvalue weighted by Gasteiger charge is 2.46. The van der Waals surface area contributed by atoms with Crippen molar-refractivity contribution in [3.8, 4) is 67.3 Å². The molecule has 0 saturated heterocycles. The van der Waals surface area contributed by atoms with Crippen molar-refractivity contribution in [2.24, 2.45) is 0 Å². The van der Waals surface area contributed by atoms with Gasteiger partial charge in [-0.1, -0.05) is 176 Å². The van der Waals surface area contributed by atoms with E-state index in [-0.39, 0.29) is 0 Å². The summed E-state index contributed by atoms with van der Waals surface area (Å²) in [5, 5.41) is 0. The second-order valence-electron chi connectivity index (χ2n) is 14.0. The van der Waals surface area contributed by atoms with Gasteiger partial charge in [0, 0.05) is 29.1 Å². The molecule has 0 bridgehead atoms. The van der Waals surface area contributed by atoms with Crippen molar-refractivity contribution < 1.29 is 0 Å². The first-order valence-electron chi connectivity index (χ1n) is 18.7. The second-order valence-corrected chi connectivity index (χ2v) is 14.0. The molecule has 258 valence electrons. The van der Waals surface area contributed by atoms with E-state index in [2.05, 4.69) is 187 Å². The van der Waals surface area contributed by atoms with Crippen molar-refractivity contribution in [1.29, 1.82) is 0 Å². The monoisotopic (exact) mass is 701 g/mol. The summed E-state index contributed by atoms with van der Waals surface area (Å²) in [6.45, 7) is 0. The van der Waals surface area contributed by atoms with Crippen LogP contribution in [0.25, 0.3) is 67.3 Å². The van der Waals surface area contributed by atoms with Gasteiger partial charge in [-0.2, -0.15) is 0 Å². The van der Waals surface area contributed by atoms with Crippen LogP contribution < -0.4 is 0 Å². The number of aromatic nitrogens is 3. The summed E-state index contributed by atoms with van der Waals surface area (Å²) in [6, 6.07) is 71.4. The van der Waals surface area contributed by atoms with Gasteiger partial charge in [0.25, 0.3) is 0 Å². The molecule has 0 radical (unpaired) electrons. The first-order chi connectivity index (χ1) is 27.3. The van der Waals surface area contributed by atoms with Gasteiger partial charge in [0.1, 0.15) is 0 Å². The second kappa shape index (κ2) is 13.6. The topological polar surface area (TPSA) is 38.7 Å². The Kier molecular flexibility index (Phi) is 8.04. The number of benzene rings is 7. The van der Waals surface area contributed by atoms with Crippen molar-refractivity contribution in [2.75, 3.05) is 0 Å². The van der Waals surface area contributed by atoms with Crippen molar-refractivity contribution in [1.82, 2.24) is 15.0 Å². The van der Waals surface area contributed by atoms with E-state index in [9.17, 15) is 0 Å². The summed E-state index contributed by atoms with van der Waals surface area (Å²) >= 11 is 0. The van der Waals surface area contributed by atoms with E-state index < -0.39 is 5.41 Å². The maximum atomic E-state index is 5.42. The molecule has 0 fully saturated rings. The highest BCUT2D eigenvalue weighted by Crippen LogP contribution is 2.58. The molecule has 0 amide bonds. The Hall–Kier alpha value is -7.23. The minimum atomic E-state index is -0.504. The summed E-state index contributed by atoms with van der Waals surface area (Å²) < 4.78 is 0. The van der Waals surface area contributed by atoms with E-state index in [1.165, 1.54) is 33.4 Å². The predicted octanol–water partition coefficient (Wildman–Crippen LogP) is 12.6. The van der Waals surface area contributed by atoms with E-state index in [1.807, 2.05) is 30.6 Å². The van der Waals surface area contributed by atoms with E-state index in [0.717, 1.165) is 50.3 Å². The maximum absolute atomic E-state index is 5.42. The fraction of sp³-hybridized carbons (Fsp3) is 0.0192. The maximum Gasteiger partial charge on any atom is 0.160 e. The molecule has 2 heterocycles. The molecule has 0 aliphatic heterocycles. The average molecular weight is 702 g/mol. The quantitative estimate of drug-likeness (QED) is 0.166. The minimum Gasteiger partial charge on any atom is -0.265 e. The highest BCUT2D eigenvalue weighted by molar-refractivity contribution is 5.95. The van der Waals surface area contributed by atoms with Crippen LogP contribution in [0.2, 0.25) is 0 Å². The SMILES string of the molecule is c1ccc(-c2cccc(-c3nc(-c4ccc(-c5ccncc5)cc4)cc(-c4cccc5c4-c4ccccc4C5(c4ccccc4)c4ccccc4)n3)c2)cc1. The minimum absolute atomic E-state index is 0.504. The van der Waals surface area contributed by atoms with E-state index in [1.54, 1.807) is 0 Å². The lowest BCUT2D eigenvalue weighted by Crippen LogP contribution is -2.28. The molecule has 2 aromatic heterocycles. The number of nitrogens with zero attached hydrogens (tertiary/aromatic N) is 3. The number of pyridine rings is 1. The van der Waals surface area contributed by atoms with Crippen LogP contribution in [0.3, 0.4) is 0 Å². The third-order valence-electron chi connectivity index (χ3n) is 10.9. The molecule has 0 saturated carbocycles. The van der Waals surface area contributed by atoms with Crippen LogP contribution in [0.1, 0.15) is 22.3 Å². The van der Waals surface area contributed by atoms with Crippen molar-refractivity contribution in [3.63, 3.8) is 0 Å². The summed E-state index contributed by atoms with van der Waals surface area (Å²) in [7, 11) is 0. The van der Waals surface area contributed by atoms with Gasteiger partial charge in [-0.25, -0.2) is 9.97 Å². The zero-order valence-corrected chi connectivity index (χ0v) is 30.0. The van der Waals surface area contributed by atoms with Gasteiger partial charge in [0.05, 0.1) is 16.8 Å². The van der Waals surface area contributed by atoms with Gasteiger partial charge in [0.2, 0.25) is 0 Å². The van der Waals surface area contributed by atoms with Gasteiger partial charge < -0.3 is 0 Å². The van der Waals surface area contributed by atoms with Crippen LogP contribution in [0, 0.1) is 0 Å². The molecule has 3 heteroatoms. The molecule has 1 aliphatic rings. The third kappa shape index (κ3) is 5.57. The van der Waals surface area contributed by atoms with Gasteiger partial charge in [0.15, 0.2) is 5.82 Å². The van der Waals surface area contributed by atoms with Crippen LogP contribution >= 0.6 is 0 Å². The smallest absolute Gasteiger partial charge is 0.160 e. The number of hydrogen-bond acceptors (Lipinski definition) is 3. The van der Waals surface area contributed by atoms with Crippen molar-refractivity contribution in [2.45, 2.75) is 5.41 Å². The molecule has 55 heavy (non-hydrogen) atoms. The zero-order valence-electron chi connectivity index (χ0n) is 30.0. The van der Waals surface area contributed by atoms with Gasteiger partial charge in [-0.3, -0.25) is 4.98 Å². The largest absolute Gasteiger partial charge is 0.265 e. The molecule has 9 aromatic rings. The Bertz CT molecular complexity index is 2740. The Morgan fingerprint density at radius 1 is 0.327 bits per heavy atom. The average Bonchev–Trinajstić information content (AvgIpc) is 3.59. The Morgan fingerprint density at radius 2 is 0.836 bits per heavy atom. The molecule has 7 aromatic carbocycles. The fourth-order valence-electron chi connectivity index (χ4n) is 8.42. The van der Waals surface area contributed by atoms with E-state index in [0.29, 0.717) is 5.82 Å². The van der Waals surface area contributed by atoms with Crippen LogP contribution in [0.15, 0.2) is 213 Å². The summed E-state index contributed by atoms with van der Waals surface area (Å²) in [6.07, 6.45) is 3.66. The van der Waals surface area contributed by atoms with Gasteiger partial charge >= 0.3 is 0 Å². The molecule has 1 aliphatic carbocycles. The van der Waals surface area contributed by atoms with E-state index in [4.69, 9.17) is 9.97 Å². The Labute approximate surface area is 321 Å². The lowest BCUT2D eigenvalue weighted by molar-refractivity contribution is 0.768. The van der Waals surface area contributed by atoms with Gasteiger partial charge in [-0.15, -0.1) is 0 Å². The van der Waals surface area contributed by atoms with E-state index >= 15 is 0 Å². The Balaban J connectivity index is 1.21. The fourth-order valence-corrected chi connectivity index (χ4v) is 8.42. The number of fused-ring (bicyclic) bond motifs is 3. The normalized spacial score (nSPS) is 12.5. The van der Waals surface area contributed by atoms with Crippen LogP contribution in [-0.4, -0.2) is 15.0 Å². The molecule has 0 spiro atoms.